The van der Waals surface area contributed by atoms with Crippen molar-refractivity contribution in [3.05, 3.63) is 12.4 Å². The van der Waals surface area contributed by atoms with Crippen LogP contribution in [-0.4, -0.2) is 21.7 Å². The third-order valence-corrected chi connectivity index (χ3v) is 3.44. The monoisotopic (exact) mass is 236 g/mol. The highest BCUT2D eigenvalue weighted by atomic mass is 16.1. The molecule has 1 heterocycles. The zero-order chi connectivity index (χ0) is 12.4. The molecule has 1 amide bonds. The largest absolute Gasteiger partial charge is 0.380 e. The number of carbonyl (C=O) groups is 1. The van der Waals surface area contributed by atoms with Crippen molar-refractivity contribution < 1.29 is 4.79 Å². The molecule has 2 rings (SSSR count). The van der Waals surface area contributed by atoms with Crippen LogP contribution in [0.4, 0.5) is 5.69 Å². The van der Waals surface area contributed by atoms with Gasteiger partial charge < -0.3 is 11.1 Å². The zero-order valence-electron chi connectivity index (χ0n) is 10.4. The maximum absolute atomic E-state index is 10.7. The lowest BCUT2D eigenvalue weighted by Crippen LogP contribution is -2.37. The number of primary amides is 1. The Labute approximate surface area is 101 Å². The van der Waals surface area contributed by atoms with Crippen molar-refractivity contribution in [2.45, 2.75) is 39.3 Å². The molecule has 0 spiro atoms. The highest BCUT2D eigenvalue weighted by Crippen LogP contribution is 2.35. The molecule has 0 atom stereocenters. The van der Waals surface area contributed by atoms with Gasteiger partial charge in [-0.15, -0.1) is 0 Å². The Kier molecular flexibility index (Phi) is 3.36. The van der Waals surface area contributed by atoms with Crippen molar-refractivity contribution in [2.75, 3.05) is 5.32 Å². The average molecular weight is 236 g/mol. The third-order valence-electron chi connectivity index (χ3n) is 3.44. The van der Waals surface area contributed by atoms with E-state index in [1.165, 1.54) is 12.8 Å². The summed E-state index contributed by atoms with van der Waals surface area (Å²) in [5.74, 6) is 1.24. The summed E-state index contributed by atoms with van der Waals surface area (Å²) in [6, 6.07) is 0.550. The van der Waals surface area contributed by atoms with Gasteiger partial charge in [0.05, 0.1) is 11.9 Å². The second-order valence-electron chi connectivity index (χ2n) is 5.21. The molecule has 0 aromatic carbocycles. The van der Waals surface area contributed by atoms with Crippen LogP contribution in [0.15, 0.2) is 12.4 Å². The lowest BCUT2D eigenvalue weighted by molar-refractivity contribution is -0.118. The second kappa shape index (κ2) is 4.77. The maximum atomic E-state index is 10.7. The van der Waals surface area contributed by atoms with Crippen molar-refractivity contribution in [3.63, 3.8) is 0 Å². The van der Waals surface area contributed by atoms with Gasteiger partial charge in [-0.25, -0.2) is 0 Å². The highest BCUT2D eigenvalue weighted by molar-refractivity contribution is 5.73. The number of nitrogens with one attached hydrogen (secondary N) is 1. The van der Waals surface area contributed by atoms with Gasteiger partial charge >= 0.3 is 0 Å². The summed E-state index contributed by atoms with van der Waals surface area (Å²) >= 11 is 0. The Morgan fingerprint density at radius 1 is 1.65 bits per heavy atom. The van der Waals surface area contributed by atoms with E-state index >= 15 is 0 Å². The lowest BCUT2D eigenvalue weighted by atomic mass is 9.73. The SMILES string of the molecule is CC(C)C1CC(Nc2cnn(CC(N)=O)c2)C1. The van der Waals surface area contributed by atoms with Gasteiger partial charge in [-0.1, -0.05) is 13.8 Å². The number of hydrogen-bond donors (Lipinski definition) is 2. The summed E-state index contributed by atoms with van der Waals surface area (Å²) < 4.78 is 1.56. The summed E-state index contributed by atoms with van der Waals surface area (Å²) in [6.07, 6.45) is 6.01. The van der Waals surface area contributed by atoms with E-state index in [2.05, 4.69) is 24.3 Å². The van der Waals surface area contributed by atoms with Crippen LogP contribution in [-0.2, 0) is 11.3 Å². The van der Waals surface area contributed by atoms with Crippen LogP contribution in [0.2, 0.25) is 0 Å². The molecule has 1 aromatic rings. The van der Waals surface area contributed by atoms with Gasteiger partial charge in [0.1, 0.15) is 6.54 Å². The smallest absolute Gasteiger partial charge is 0.239 e. The molecule has 1 aromatic heterocycles. The Morgan fingerprint density at radius 2 is 2.35 bits per heavy atom. The van der Waals surface area contributed by atoms with E-state index < -0.39 is 0 Å². The third kappa shape index (κ3) is 2.99. The van der Waals surface area contributed by atoms with E-state index in [0.29, 0.717) is 6.04 Å². The molecule has 0 bridgehead atoms. The molecular weight excluding hydrogens is 216 g/mol. The summed E-state index contributed by atoms with van der Waals surface area (Å²) in [5, 5.41) is 7.50. The van der Waals surface area contributed by atoms with E-state index in [1.807, 2.05) is 6.20 Å². The Balaban J connectivity index is 1.80. The van der Waals surface area contributed by atoms with Crippen LogP contribution < -0.4 is 11.1 Å². The zero-order valence-corrected chi connectivity index (χ0v) is 10.4. The average Bonchev–Trinajstić information content (AvgIpc) is 2.56. The first-order chi connectivity index (χ1) is 8.04. The molecule has 1 fully saturated rings. The highest BCUT2D eigenvalue weighted by Gasteiger charge is 2.31. The standard InChI is InChI=1S/C12H20N4O/c1-8(2)9-3-10(4-9)15-11-5-14-16(6-11)7-12(13)17/h5-6,8-10,15H,3-4,7H2,1-2H3,(H2,13,17). The topological polar surface area (TPSA) is 72.9 Å². The minimum atomic E-state index is -0.372. The van der Waals surface area contributed by atoms with Crippen LogP contribution in [0, 0.1) is 11.8 Å². The summed E-state index contributed by atoms with van der Waals surface area (Å²) in [4.78, 5) is 10.7. The molecule has 1 saturated carbocycles. The fourth-order valence-electron chi connectivity index (χ4n) is 2.24. The first kappa shape index (κ1) is 12.0. The molecule has 17 heavy (non-hydrogen) atoms. The van der Waals surface area contributed by atoms with Crippen LogP contribution in [0.5, 0.6) is 0 Å². The van der Waals surface area contributed by atoms with Gasteiger partial charge in [-0.2, -0.15) is 5.10 Å². The normalized spacial score (nSPS) is 23.5. The molecule has 0 saturated heterocycles. The first-order valence-corrected chi connectivity index (χ1v) is 6.12. The number of anilines is 1. The number of carbonyl (C=O) groups excluding carboxylic acids is 1. The van der Waals surface area contributed by atoms with Crippen molar-refractivity contribution in [3.8, 4) is 0 Å². The van der Waals surface area contributed by atoms with E-state index in [0.717, 1.165) is 17.5 Å². The van der Waals surface area contributed by atoms with Crippen LogP contribution in [0.1, 0.15) is 26.7 Å². The molecule has 1 aliphatic rings. The van der Waals surface area contributed by atoms with Gasteiger partial charge in [-0.05, 0) is 24.7 Å². The molecule has 0 radical (unpaired) electrons. The molecule has 94 valence electrons. The number of nitrogens with two attached hydrogens (primary N) is 1. The molecule has 5 heteroatoms. The molecule has 0 unspecified atom stereocenters. The van der Waals surface area contributed by atoms with Gasteiger partial charge in [0.2, 0.25) is 5.91 Å². The molecule has 1 aliphatic carbocycles. The molecule has 0 aliphatic heterocycles. The van der Waals surface area contributed by atoms with Crippen LogP contribution in [0.3, 0.4) is 0 Å². The fourth-order valence-corrected chi connectivity index (χ4v) is 2.24. The Hall–Kier alpha value is -1.52. The van der Waals surface area contributed by atoms with Crippen molar-refractivity contribution >= 4 is 11.6 Å². The van der Waals surface area contributed by atoms with Gasteiger partial charge in [0.15, 0.2) is 0 Å². The molecule has 5 nitrogen and oxygen atoms in total. The minimum absolute atomic E-state index is 0.140. The summed E-state index contributed by atoms with van der Waals surface area (Å²) in [6.45, 7) is 4.68. The predicted molar refractivity (Wildman–Crippen MR) is 66.4 cm³/mol. The Bertz CT molecular complexity index is 393. The quantitative estimate of drug-likeness (QED) is 0.807. The predicted octanol–water partition coefficient (Wildman–Crippen LogP) is 1.21. The number of nitrogens with zero attached hydrogens (tertiary/aromatic N) is 2. The number of amides is 1. The van der Waals surface area contributed by atoms with Crippen LogP contribution in [0.25, 0.3) is 0 Å². The van der Waals surface area contributed by atoms with Crippen molar-refractivity contribution in [1.82, 2.24) is 9.78 Å². The second-order valence-corrected chi connectivity index (χ2v) is 5.21. The summed E-state index contributed by atoms with van der Waals surface area (Å²) in [5.41, 5.74) is 6.07. The van der Waals surface area contributed by atoms with Crippen molar-refractivity contribution in [2.24, 2.45) is 17.6 Å². The number of rotatable bonds is 5. The van der Waals surface area contributed by atoms with Crippen LogP contribution >= 0.6 is 0 Å². The maximum Gasteiger partial charge on any atom is 0.239 e. The van der Waals surface area contributed by atoms with E-state index in [9.17, 15) is 4.79 Å². The van der Waals surface area contributed by atoms with Gasteiger partial charge in [0.25, 0.3) is 0 Å². The number of aromatic nitrogens is 2. The van der Waals surface area contributed by atoms with E-state index in [4.69, 9.17) is 5.73 Å². The molecular formula is C12H20N4O. The first-order valence-electron chi connectivity index (χ1n) is 6.12. The lowest BCUT2D eigenvalue weighted by Gasteiger charge is -2.38. The Morgan fingerprint density at radius 3 is 2.94 bits per heavy atom. The van der Waals surface area contributed by atoms with Crippen molar-refractivity contribution in [1.29, 1.82) is 0 Å². The molecule has 3 N–H and O–H groups in total. The number of hydrogen-bond acceptors (Lipinski definition) is 3. The van der Waals surface area contributed by atoms with Gasteiger partial charge in [0, 0.05) is 12.2 Å². The van der Waals surface area contributed by atoms with Gasteiger partial charge in [-0.3, -0.25) is 9.48 Å². The summed E-state index contributed by atoms with van der Waals surface area (Å²) in [7, 11) is 0. The fraction of sp³-hybridized carbons (Fsp3) is 0.667. The van der Waals surface area contributed by atoms with E-state index in [-0.39, 0.29) is 12.5 Å². The van der Waals surface area contributed by atoms with E-state index in [1.54, 1.807) is 10.9 Å². The minimum Gasteiger partial charge on any atom is -0.380 e.